The van der Waals surface area contributed by atoms with Gasteiger partial charge in [-0.3, -0.25) is 33.8 Å². The molecule has 1 rings (SSSR count). The van der Waals surface area contributed by atoms with Crippen molar-refractivity contribution in [3.05, 3.63) is 12.4 Å². The molecule has 0 spiro atoms. The second kappa shape index (κ2) is 19.3. The van der Waals surface area contributed by atoms with Crippen LogP contribution in [0, 0.1) is 0 Å². The first-order valence-electron chi connectivity index (χ1n) is 17.5. The van der Waals surface area contributed by atoms with E-state index in [2.05, 4.69) is 0 Å². The summed E-state index contributed by atoms with van der Waals surface area (Å²) in [7, 11) is 0. The minimum absolute atomic E-state index is 0.00749. The van der Waals surface area contributed by atoms with Crippen molar-refractivity contribution in [2.75, 3.05) is 78.5 Å². The highest BCUT2D eigenvalue weighted by Crippen LogP contribution is 2.12. The molecule has 0 saturated heterocycles. The fourth-order valence-corrected chi connectivity index (χ4v) is 4.80. The summed E-state index contributed by atoms with van der Waals surface area (Å²) in [6, 6.07) is 0. The molecule has 0 atom stereocenters. The third-order valence-corrected chi connectivity index (χ3v) is 6.74. The molecule has 0 aromatic carbocycles. The standard InChI is InChI=1S/C36H65N5O9/c1-14-41(27-32(46)50-36(11,12)13)28(42)23-37-15-17-38(24-29(43)47-33(2,3)4)19-21-40(26-31(45)49-35(8,9)10)22-20-39(18-16-37)25-30(44)48-34(5,6)7/h15,17H,14,16,18-27H2,1-13H3/b17-15-. The number of carbonyl (C=O) groups is 5. The first kappa shape index (κ1) is 44.6. The van der Waals surface area contributed by atoms with Crippen molar-refractivity contribution >= 4 is 29.8 Å². The number of rotatable bonds is 11. The summed E-state index contributed by atoms with van der Waals surface area (Å²) in [5.74, 6) is -1.97. The number of esters is 4. The van der Waals surface area contributed by atoms with Crippen molar-refractivity contribution in [1.29, 1.82) is 0 Å². The largest absolute Gasteiger partial charge is 0.459 e. The topological polar surface area (TPSA) is 138 Å². The van der Waals surface area contributed by atoms with Gasteiger partial charge in [0.05, 0.1) is 19.6 Å². The fourth-order valence-electron chi connectivity index (χ4n) is 4.80. The molecule has 1 amide bonds. The molecule has 0 radical (unpaired) electrons. The van der Waals surface area contributed by atoms with Crippen LogP contribution in [-0.4, -0.2) is 155 Å². The van der Waals surface area contributed by atoms with Crippen LogP contribution >= 0.6 is 0 Å². The Labute approximate surface area is 300 Å². The van der Waals surface area contributed by atoms with Crippen LogP contribution < -0.4 is 0 Å². The maximum atomic E-state index is 13.5. The molecule has 0 unspecified atom stereocenters. The lowest BCUT2D eigenvalue weighted by molar-refractivity contribution is -0.159. The van der Waals surface area contributed by atoms with E-state index >= 15 is 0 Å². The summed E-state index contributed by atoms with van der Waals surface area (Å²) in [5.41, 5.74) is -2.68. The van der Waals surface area contributed by atoms with Gasteiger partial charge in [0.15, 0.2) is 0 Å². The van der Waals surface area contributed by atoms with Gasteiger partial charge in [0.1, 0.15) is 35.5 Å². The third-order valence-electron chi connectivity index (χ3n) is 6.74. The van der Waals surface area contributed by atoms with E-state index in [9.17, 15) is 24.0 Å². The van der Waals surface area contributed by atoms with E-state index in [4.69, 9.17) is 18.9 Å². The van der Waals surface area contributed by atoms with E-state index in [0.717, 1.165) is 0 Å². The smallest absolute Gasteiger partial charge is 0.326 e. The minimum Gasteiger partial charge on any atom is -0.459 e. The predicted octanol–water partition coefficient (Wildman–Crippen LogP) is 2.89. The van der Waals surface area contributed by atoms with Gasteiger partial charge in [0, 0.05) is 58.2 Å². The number of hydrogen-bond donors (Lipinski definition) is 0. The second-order valence-corrected chi connectivity index (χ2v) is 16.5. The molecule has 0 aliphatic carbocycles. The molecule has 1 aliphatic rings. The van der Waals surface area contributed by atoms with Crippen molar-refractivity contribution in [2.24, 2.45) is 0 Å². The third kappa shape index (κ3) is 21.6. The molecule has 0 aromatic heterocycles. The molecule has 0 saturated carbocycles. The lowest BCUT2D eigenvalue weighted by atomic mass is 10.2. The lowest BCUT2D eigenvalue weighted by Gasteiger charge is -2.33. The summed E-state index contributed by atoms with van der Waals surface area (Å²) in [5, 5.41) is 0. The summed E-state index contributed by atoms with van der Waals surface area (Å²) >= 11 is 0. The monoisotopic (exact) mass is 711 g/mol. The highest BCUT2D eigenvalue weighted by molar-refractivity contribution is 5.83. The first-order chi connectivity index (χ1) is 22.7. The zero-order valence-electron chi connectivity index (χ0n) is 33.1. The maximum Gasteiger partial charge on any atom is 0.326 e. The van der Waals surface area contributed by atoms with Gasteiger partial charge in [0.2, 0.25) is 5.91 Å². The van der Waals surface area contributed by atoms with E-state index in [1.165, 1.54) is 4.90 Å². The molecule has 14 nitrogen and oxygen atoms in total. The molecule has 1 aliphatic heterocycles. The average molecular weight is 712 g/mol. The molecule has 288 valence electrons. The van der Waals surface area contributed by atoms with Gasteiger partial charge >= 0.3 is 23.9 Å². The maximum absolute atomic E-state index is 13.5. The number of likely N-dealkylation sites (N-methyl/N-ethyl adjacent to an activating group) is 1. The summed E-state index contributed by atoms with van der Waals surface area (Å²) < 4.78 is 22.2. The second-order valence-electron chi connectivity index (χ2n) is 16.5. The molecule has 0 aromatic rings. The summed E-state index contributed by atoms with van der Waals surface area (Å²) in [6.45, 7) is 25.7. The van der Waals surface area contributed by atoms with Gasteiger partial charge in [0.25, 0.3) is 0 Å². The van der Waals surface area contributed by atoms with Crippen LogP contribution in [-0.2, 0) is 42.9 Å². The Bertz CT molecular complexity index is 1160. The van der Waals surface area contributed by atoms with Crippen molar-refractivity contribution in [3.8, 4) is 0 Å². The van der Waals surface area contributed by atoms with Crippen LogP contribution in [0.25, 0.3) is 0 Å². The Balaban J connectivity index is 3.41. The van der Waals surface area contributed by atoms with Gasteiger partial charge in [-0.05, 0) is 90.0 Å². The molecule has 0 fully saturated rings. The van der Waals surface area contributed by atoms with Gasteiger partial charge in [-0.25, -0.2) is 0 Å². The molecule has 0 bridgehead atoms. The Kier molecular flexibility index (Phi) is 17.2. The van der Waals surface area contributed by atoms with Crippen molar-refractivity contribution in [1.82, 2.24) is 24.5 Å². The quantitative estimate of drug-likeness (QED) is 0.230. The number of ether oxygens (including phenoxy) is 4. The normalized spacial score (nSPS) is 16.8. The zero-order chi connectivity index (χ0) is 38.5. The molecule has 1 heterocycles. The van der Waals surface area contributed by atoms with Crippen molar-refractivity contribution in [3.63, 3.8) is 0 Å². The van der Waals surface area contributed by atoms with Crippen LogP contribution in [0.15, 0.2) is 12.4 Å². The van der Waals surface area contributed by atoms with E-state index in [1.54, 1.807) is 70.7 Å². The van der Waals surface area contributed by atoms with Crippen LogP contribution in [0.3, 0.4) is 0 Å². The first-order valence-corrected chi connectivity index (χ1v) is 17.5. The highest BCUT2D eigenvalue weighted by atomic mass is 16.6. The molecular formula is C36H65N5O9. The Hall–Kier alpha value is -3.39. The van der Waals surface area contributed by atoms with Gasteiger partial charge < -0.3 is 33.6 Å². The van der Waals surface area contributed by atoms with E-state index in [-0.39, 0.29) is 50.6 Å². The average Bonchev–Trinajstić information content (AvgIpc) is 2.88. The Morgan fingerprint density at radius 3 is 1.18 bits per heavy atom. The summed E-state index contributed by atoms with van der Waals surface area (Å²) in [4.78, 5) is 73.6. The van der Waals surface area contributed by atoms with Crippen molar-refractivity contribution in [2.45, 2.75) is 112 Å². The van der Waals surface area contributed by atoms with Crippen LogP contribution in [0.1, 0.15) is 90.0 Å². The predicted molar refractivity (Wildman–Crippen MR) is 191 cm³/mol. The molecule has 14 heteroatoms. The van der Waals surface area contributed by atoms with Crippen LogP contribution in [0.2, 0.25) is 0 Å². The molecular weight excluding hydrogens is 646 g/mol. The fraction of sp³-hybridized carbons (Fsp3) is 0.806. The van der Waals surface area contributed by atoms with E-state index in [0.29, 0.717) is 45.8 Å². The van der Waals surface area contributed by atoms with E-state index < -0.39 is 34.3 Å². The Morgan fingerprint density at radius 2 is 0.820 bits per heavy atom. The molecule has 50 heavy (non-hydrogen) atoms. The van der Waals surface area contributed by atoms with Gasteiger partial charge in [-0.2, -0.15) is 0 Å². The number of nitrogens with zero attached hydrogens (tertiary/aromatic N) is 5. The molecule has 0 N–H and O–H groups in total. The van der Waals surface area contributed by atoms with Gasteiger partial charge in [-0.1, -0.05) is 0 Å². The Morgan fingerprint density at radius 1 is 0.500 bits per heavy atom. The highest BCUT2D eigenvalue weighted by Gasteiger charge is 2.26. The summed E-state index contributed by atoms with van der Waals surface area (Å²) in [6.07, 6.45) is 3.46. The minimum atomic E-state index is -0.684. The number of amides is 1. The van der Waals surface area contributed by atoms with Gasteiger partial charge in [-0.15, -0.1) is 0 Å². The van der Waals surface area contributed by atoms with Crippen molar-refractivity contribution < 1.29 is 42.9 Å². The van der Waals surface area contributed by atoms with E-state index in [1.807, 2.05) is 51.3 Å². The van der Waals surface area contributed by atoms with Crippen LogP contribution in [0.4, 0.5) is 0 Å². The number of carbonyl (C=O) groups excluding carboxylic acids is 5. The lowest BCUT2D eigenvalue weighted by Crippen LogP contribution is -2.48. The number of hydrogen-bond acceptors (Lipinski definition) is 13. The zero-order valence-corrected chi connectivity index (χ0v) is 33.1. The SMILES string of the molecule is CCN(CC(=O)OC(C)(C)C)C(=O)CN1/C=C\N(CC(=O)OC(C)(C)C)CCN(CC(=O)OC(C)(C)C)CCN(CC(=O)OC(C)(C)C)CC1. The van der Waals surface area contributed by atoms with Crippen LogP contribution in [0.5, 0.6) is 0 Å².